The minimum Gasteiger partial charge on any atom is -0.382 e. The van der Waals surface area contributed by atoms with Gasteiger partial charge in [-0.05, 0) is 32.6 Å². The maximum Gasteiger partial charge on any atom is 0.206 e. The summed E-state index contributed by atoms with van der Waals surface area (Å²) in [5, 5.41) is 3.51. The Labute approximate surface area is 121 Å². The fourth-order valence-electron chi connectivity index (χ4n) is 3.51. The van der Waals surface area contributed by atoms with Crippen LogP contribution in [0.2, 0.25) is 0 Å². The fourth-order valence-corrected chi connectivity index (χ4v) is 3.51. The first kappa shape index (κ1) is 13.9. The molecule has 0 spiro atoms. The van der Waals surface area contributed by atoms with Gasteiger partial charge < -0.3 is 19.5 Å². The van der Waals surface area contributed by atoms with Gasteiger partial charge in [0.25, 0.3) is 0 Å². The average molecular weight is 278 g/mol. The number of hydrogen-bond donors (Lipinski definition) is 1. The van der Waals surface area contributed by atoms with Gasteiger partial charge in [0.1, 0.15) is 0 Å². The topological polar surface area (TPSA) is 42.3 Å². The number of aromatic nitrogens is 2. The Bertz CT molecular complexity index is 445. The van der Waals surface area contributed by atoms with Crippen LogP contribution in [0.5, 0.6) is 0 Å². The van der Waals surface area contributed by atoms with E-state index in [9.17, 15) is 0 Å². The summed E-state index contributed by atoms with van der Waals surface area (Å²) < 4.78 is 7.75. The Hall–Kier alpha value is -1.07. The van der Waals surface area contributed by atoms with Crippen molar-refractivity contribution in [2.24, 2.45) is 5.92 Å². The third-order valence-electron chi connectivity index (χ3n) is 4.47. The second-order valence-electron chi connectivity index (χ2n) is 5.89. The lowest BCUT2D eigenvalue weighted by molar-refractivity contribution is 0.141. The molecule has 1 aromatic heterocycles. The quantitative estimate of drug-likeness (QED) is 0.799. The molecule has 0 saturated carbocycles. The summed E-state index contributed by atoms with van der Waals surface area (Å²) in [6.07, 6.45) is 4.52. The summed E-state index contributed by atoms with van der Waals surface area (Å²) in [7, 11) is 0. The Morgan fingerprint density at radius 3 is 3.20 bits per heavy atom. The van der Waals surface area contributed by atoms with E-state index < -0.39 is 0 Å². The minimum atomic E-state index is 0.641. The second-order valence-corrected chi connectivity index (χ2v) is 5.89. The highest BCUT2D eigenvalue weighted by atomic mass is 16.5. The maximum atomic E-state index is 5.44. The number of aryl methyl sites for hydroxylation is 2. The molecule has 5 heteroatoms. The molecule has 0 aromatic carbocycles. The van der Waals surface area contributed by atoms with Gasteiger partial charge in [-0.15, -0.1) is 0 Å². The number of anilines is 1. The molecule has 1 aromatic rings. The molecule has 20 heavy (non-hydrogen) atoms. The molecule has 1 N–H and O–H groups in total. The van der Waals surface area contributed by atoms with Gasteiger partial charge in [0.2, 0.25) is 5.95 Å². The predicted octanol–water partition coefficient (Wildman–Crippen LogP) is 1.42. The van der Waals surface area contributed by atoms with Crippen molar-refractivity contribution < 1.29 is 4.74 Å². The first-order valence-electron chi connectivity index (χ1n) is 7.88. The molecule has 3 rings (SSSR count). The summed E-state index contributed by atoms with van der Waals surface area (Å²) in [4.78, 5) is 7.28. The normalized spacial score (nSPS) is 25.4. The number of nitrogens with zero attached hydrogens (tertiary/aromatic N) is 3. The monoisotopic (exact) mass is 278 g/mol. The molecule has 3 heterocycles. The highest BCUT2D eigenvalue weighted by Gasteiger charge is 2.39. The Morgan fingerprint density at radius 1 is 1.45 bits per heavy atom. The van der Waals surface area contributed by atoms with Crippen molar-refractivity contribution in [3.63, 3.8) is 0 Å². The molecule has 5 nitrogen and oxygen atoms in total. The molecular weight excluding hydrogens is 252 g/mol. The van der Waals surface area contributed by atoms with Gasteiger partial charge in [-0.25, -0.2) is 4.98 Å². The van der Waals surface area contributed by atoms with E-state index in [0.717, 1.165) is 56.8 Å². The lowest BCUT2D eigenvalue weighted by Crippen LogP contribution is -2.36. The standard InChI is InChI=1S/C15H26N4O/c1-3-20-8-4-6-18-11-12(2)17-15(18)19-7-5-13-9-16-10-14(13)19/h11,13-14,16H,3-10H2,1-2H3/t13-,14+/m0/s1. The number of rotatable bonds is 6. The molecule has 2 atom stereocenters. The fraction of sp³-hybridized carbons (Fsp3) is 0.800. The van der Waals surface area contributed by atoms with Crippen molar-refractivity contribution in [1.82, 2.24) is 14.9 Å². The van der Waals surface area contributed by atoms with Crippen LogP contribution in [-0.2, 0) is 11.3 Å². The Morgan fingerprint density at radius 2 is 2.35 bits per heavy atom. The molecule has 0 amide bonds. The summed E-state index contributed by atoms with van der Waals surface area (Å²) in [6, 6.07) is 0.641. The van der Waals surface area contributed by atoms with E-state index in [-0.39, 0.29) is 0 Å². The van der Waals surface area contributed by atoms with E-state index in [1.807, 2.05) is 6.92 Å². The van der Waals surface area contributed by atoms with Crippen LogP contribution in [0.3, 0.4) is 0 Å². The predicted molar refractivity (Wildman–Crippen MR) is 80.2 cm³/mol. The summed E-state index contributed by atoms with van der Waals surface area (Å²) >= 11 is 0. The molecule has 0 aliphatic carbocycles. The zero-order chi connectivity index (χ0) is 13.9. The number of hydrogen-bond acceptors (Lipinski definition) is 4. The number of nitrogens with one attached hydrogen (secondary N) is 1. The molecule has 2 aliphatic heterocycles. The molecule has 112 valence electrons. The van der Waals surface area contributed by atoms with Gasteiger partial charge in [-0.1, -0.05) is 0 Å². The van der Waals surface area contributed by atoms with Crippen molar-refractivity contribution in [2.45, 2.75) is 39.3 Å². The van der Waals surface area contributed by atoms with Crippen LogP contribution in [-0.4, -0.2) is 48.4 Å². The lowest BCUT2D eigenvalue weighted by Gasteiger charge is -2.25. The van der Waals surface area contributed by atoms with E-state index in [4.69, 9.17) is 9.72 Å². The SMILES string of the molecule is CCOCCCn1cc(C)nc1N1CC[C@H]2CNC[C@H]21. The van der Waals surface area contributed by atoms with E-state index in [1.165, 1.54) is 13.0 Å². The van der Waals surface area contributed by atoms with Crippen molar-refractivity contribution >= 4 is 5.95 Å². The molecule has 0 unspecified atom stereocenters. The second kappa shape index (κ2) is 6.14. The zero-order valence-electron chi connectivity index (χ0n) is 12.6. The van der Waals surface area contributed by atoms with Crippen LogP contribution in [0.1, 0.15) is 25.5 Å². The number of fused-ring (bicyclic) bond motifs is 1. The molecule has 0 radical (unpaired) electrons. The largest absolute Gasteiger partial charge is 0.382 e. The highest BCUT2D eigenvalue weighted by Crippen LogP contribution is 2.31. The van der Waals surface area contributed by atoms with Crippen molar-refractivity contribution in [2.75, 3.05) is 37.7 Å². The van der Waals surface area contributed by atoms with Gasteiger partial charge in [-0.2, -0.15) is 0 Å². The van der Waals surface area contributed by atoms with Gasteiger partial charge in [0.05, 0.1) is 5.69 Å². The van der Waals surface area contributed by atoms with E-state index >= 15 is 0 Å². The van der Waals surface area contributed by atoms with E-state index in [1.54, 1.807) is 0 Å². The first-order valence-corrected chi connectivity index (χ1v) is 7.88. The van der Waals surface area contributed by atoms with Crippen LogP contribution in [0.15, 0.2) is 6.20 Å². The lowest BCUT2D eigenvalue weighted by atomic mass is 10.1. The van der Waals surface area contributed by atoms with Gasteiger partial charge in [0, 0.05) is 51.6 Å². The van der Waals surface area contributed by atoms with Gasteiger partial charge in [0.15, 0.2) is 0 Å². The molecule has 0 bridgehead atoms. The van der Waals surface area contributed by atoms with Crippen LogP contribution in [0, 0.1) is 12.8 Å². The minimum absolute atomic E-state index is 0.641. The van der Waals surface area contributed by atoms with Crippen molar-refractivity contribution in [3.8, 4) is 0 Å². The Balaban J connectivity index is 1.69. The van der Waals surface area contributed by atoms with Gasteiger partial charge >= 0.3 is 0 Å². The summed E-state index contributed by atoms with van der Waals surface area (Å²) in [5.41, 5.74) is 1.12. The smallest absolute Gasteiger partial charge is 0.206 e. The first-order chi connectivity index (χ1) is 9.79. The third-order valence-corrected chi connectivity index (χ3v) is 4.47. The third kappa shape index (κ3) is 2.69. The van der Waals surface area contributed by atoms with Crippen LogP contribution < -0.4 is 10.2 Å². The highest BCUT2D eigenvalue weighted by molar-refractivity contribution is 5.38. The molecule has 2 saturated heterocycles. The molecular formula is C15H26N4O. The van der Waals surface area contributed by atoms with Crippen LogP contribution >= 0.6 is 0 Å². The number of ether oxygens (including phenoxy) is 1. The van der Waals surface area contributed by atoms with Crippen LogP contribution in [0.25, 0.3) is 0 Å². The van der Waals surface area contributed by atoms with E-state index in [0.29, 0.717) is 6.04 Å². The average Bonchev–Trinajstić information content (AvgIpc) is 3.09. The number of imidazole rings is 1. The van der Waals surface area contributed by atoms with Crippen molar-refractivity contribution in [3.05, 3.63) is 11.9 Å². The zero-order valence-corrected chi connectivity index (χ0v) is 12.6. The van der Waals surface area contributed by atoms with Gasteiger partial charge in [-0.3, -0.25) is 0 Å². The summed E-state index contributed by atoms with van der Waals surface area (Å²) in [5.74, 6) is 1.97. The maximum absolute atomic E-state index is 5.44. The Kier molecular flexibility index (Phi) is 4.27. The summed E-state index contributed by atoms with van der Waals surface area (Å²) in [6.45, 7) is 10.2. The molecule has 2 aliphatic rings. The van der Waals surface area contributed by atoms with E-state index in [2.05, 4.69) is 27.9 Å². The molecule has 2 fully saturated rings. The van der Waals surface area contributed by atoms with Crippen molar-refractivity contribution in [1.29, 1.82) is 0 Å². The van der Waals surface area contributed by atoms with Crippen LogP contribution in [0.4, 0.5) is 5.95 Å².